The molecule has 0 aliphatic carbocycles. The minimum absolute atomic E-state index is 0.253. The van der Waals surface area contributed by atoms with E-state index in [9.17, 15) is 14.4 Å². The molecule has 1 N–H and O–H groups in total. The predicted octanol–water partition coefficient (Wildman–Crippen LogP) is 2.37. The largest absolute Gasteiger partial charge is 0.352 e. The highest BCUT2D eigenvalue weighted by atomic mass is 16.2. The van der Waals surface area contributed by atoms with Gasteiger partial charge in [0.15, 0.2) is 6.29 Å². The van der Waals surface area contributed by atoms with Gasteiger partial charge in [-0.05, 0) is 32.4 Å². The SMILES string of the molecule is C=C/C(C=O)=C(\C=C)C(=O)NCCCCN1CCN(CCCC=O)CC1.CC. The summed E-state index contributed by atoms with van der Waals surface area (Å²) in [4.78, 5) is 38.2. The van der Waals surface area contributed by atoms with Crippen LogP contribution in [0.5, 0.6) is 0 Å². The monoisotopic (exact) mass is 391 g/mol. The number of carbonyl (C=O) groups excluding carboxylic acids is 3. The number of allylic oxidation sites excluding steroid dienone is 2. The van der Waals surface area contributed by atoms with Gasteiger partial charge in [0.2, 0.25) is 0 Å². The molecule has 1 heterocycles. The van der Waals surface area contributed by atoms with Crippen LogP contribution < -0.4 is 5.32 Å². The van der Waals surface area contributed by atoms with Crippen LogP contribution in [0.1, 0.15) is 39.5 Å². The molecule has 0 unspecified atom stereocenters. The second kappa shape index (κ2) is 17.1. The first-order valence-electron chi connectivity index (χ1n) is 10.3. The van der Waals surface area contributed by atoms with Crippen LogP contribution >= 0.6 is 0 Å². The molecule has 0 atom stereocenters. The number of nitrogens with one attached hydrogen (secondary N) is 1. The van der Waals surface area contributed by atoms with Gasteiger partial charge in [-0.1, -0.05) is 39.2 Å². The molecule has 6 heteroatoms. The van der Waals surface area contributed by atoms with E-state index < -0.39 is 0 Å². The van der Waals surface area contributed by atoms with Gasteiger partial charge in [0.1, 0.15) is 6.29 Å². The molecule has 0 aromatic heterocycles. The van der Waals surface area contributed by atoms with E-state index in [-0.39, 0.29) is 17.1 Å². The van der Waals surface area contributed by atoms with Gasteiger partial charge >= 0.3 is 0 Å². The number of hydrogen-bond acceptors (Lipinski definition) is 5. The summed E-state index contributed by atoms with van der Waals surface area (Å²) < 4.78 is 0. The third-order valence-electron chi connectivity index (χ3n) is 4.55. The molecule has 0 radical (unpaired) electrons. The van der Waals surface area contributed by atoms with Gasteiger partial charge in [0.25, 0.3) is 5.91 Å². The van der Waals surface area contributed by atoms with Gasteiger partial charge in [0, 0.05) is 50.3 Å². The van der Waals surface area contributed by atoms with Crippen LogP contribution in [0, 0.1) is 0 Å². The van der Waals surface area contributed by atoms with Crippen LogP contribution in [0.25, 0.3) is 0 Å². The fraction of sp³-hybridized carbons (Fsp3) is 0.591. The van der Waals surface area contributed by atoms with E-state index in [2.05, 4.69) is 28.3 Å². The van der Waals surface area contributed by atoms with Crippen LogP contribution in [0.2, 0.25) is 0 Å². The molecule has 0 aromatic carbocycles. The summed E-state index contributed by atoms with van der Waals surface area (Å²) in [5, 5.41) is 2.83. The first-order chi connectivity index (χ1) is 13.7. The Bertz CT molecular complexity index is 511. The molecule has 1 aliphatic heterocycles. The van der Waals surface area contributed by atoms with Crippen molar-refractivity contribution in [1.29, 1.82) is 0 Å². The molecular formula is C22H37N3O3. The minimum Gasteiger partial charge on any atom is -0.352 e. The molecule has 1 fully saturated rings. The van der Waals surface area contributed by atoms with E-state index in [4.69, 9.17) is 0 Å². The highest BCUT2D eigenvalue weighted by Gasteiger charge is 2.16. The van der Waals surface area contributed by atoms with Crippen molar-refractivity contribution in [2.45, 2.75) is 39.5 Å². The number of piperazine rings is 1. The lowest BCUT2D eigenvalue weighted by Crippen LogP contribution is -2.46. The number of nitrogens with zero attached hydrogens (tertiary/aromatic N) is 2. The van der Waals surface area contributed by atoms with Crippen LogP contribution in [-0.2, 0) is 14.4 Å². The van der Waals surface area contributed by atoms with E-state index in [1.807, 2.05) is 13.8 Å². The Morgan fingerprint density at radius 3 is 1.96 bits per heavy atom. The van der Waals surface area contributed by atoms with Crippen molar-refractivity contribution in [3.8, 4) is 0 Å². The summed E-state index contributed by atoms with van der Waals surface area (Å²) in [6, 6.07) is 0. The first-order valence-corrected chi connectivity index (χ1v) is 10.3. The highest BCUT2D eigenvalue weighted by Crippen LogP contribution is 2.06. The third kappa shape index (κ3) is 10.3. The second-order valence-corrected chi connectivity index (χ2v) is 6.35. The van der Waals surface area contributed by atoms with Crippen molar-refractivity contribution in [3.63, 3.8) is 0 Å². The van der Waals surface area contributed by atoms with Crippen molar-refractivity contribution in [2.75, 3.05) is 45.8 Å². The molecule has 0 bridgehead atoms. The average Bonchev–Trinajstić information content (AvgIpc) is 2.74. The molecule has 1 rings (SSSR count). The quantitative estimate of drug-likeness (QED) is 0.226. The minimum atomic E-state index is -0.286. The van der Waals surface area contributed by atoms with Crippen molar-refractivity contribution in [3.05, 3.63) is 36.5 Å². The maximum Gasteiger partial charge on any atom is 0.251 e. The molecule has 1 saturated heterocycles. The number of hydrogen-bond donors (Lipinski definition) is 1. The van der Waals surface area contributed by atoms with Crippen molar-refractivity contribution in [2.24, 2.45) is 0 Å². The first kappa shape index (κ1) is 26.0. The number of unbranched alkanes of at least 4 members (excludes halogenated alkanes) is 2. The van der Waals surface area contributed by atoms with Gasteiger partial charge < -0.3 is 19.9 Å². The fourth-order valence-electron chi connectivity index (χ4n) is 2.96. The zero-order valence-electron chi connectivity index (χ0n) is 17.6. The maximum absolute atomic E-state index is 12.1. The van der Waals surface area contributed by atoms with Gasteiger partial charge in [-0.15, -0.1) is 0 Å². The predicted molar refractivity (Wildman–Crippen MR) is 115 cm³/mol. The van der Waals surface area contributed by atoms with Crippen molar-refractivity contribution < 1.29 is 14.4 Å². The summed E-state index contributed by atoms with van der Waals surface area (Å²) in [6.07, 6.45) is 7.85. The van der Waals surface area contributed by atoms with E-state index in [0.29, 0.717) is 19.3 Å². The molecule has 6 nitrogen and oxygen atoms in total. The van der Waals surface area contributed by atoms with Crippen LogP contribution in [0.15, 0.2) is 36.5 Å². The molecule has 28 heavy (non-hydrogen) atoms. The fourth-order valence-corrected chi connectivity index (χ4v) is 2.96. The normalized spacial score (nSPS) is 15.5. The average molecular weight is 392 g/mol. The summed E-state index contributed by atoms with van der Waals surface area (Å²) in [5.41, 5.74) is 0.518. The Morgan fingerprint density at radius 1 is 0.929 bits per heavy atom. The van der Waals surface area contributed by atoms with E-state index >= 15 is 0 Å². The third-order valence-corrected chi connectivity index (χ3v) is 4.55. The van der Waals surface area contributed by atoms with E-state index in [1.54, 1.807) is 0 Å². The van der Waals surface area contributed by atoms with Crippen LogP contribution in [0.4, 0.5) is 0 Å². The van der Waals surface area contributed by atoms with Gasteiger partial charge in [-0.3, -0.25) is 9.59 Å². The highest BCUT2D eigenvalue weighted by molar-refractivity contribution is 6.02. The second-order valence-electron chi connectivity index (χ2n) is 6.35. The molecule has 0 spiro atoms. The number of rotatable bonds is 13. The Morgan fingerprint density at radius 2 is 1.50 bits per heavy atom. The van der Waals surface area contributed by atoms with Crippen LogP contribution in [-0.4, -0.2) is 74.1 Å². The number of carbonyl (C=O) groups is 3. The topological polar surface area (TPSA) is 69.7 Å². The molecular weight excluding hydrogens is 354 g/mol. The summed E-state index contributed by atoms with van der Waals surface area (Å²) in [5.74, 6) is -0.286. The van der Waals surface area contributed by atoms with E-state index in [1.165, 1.54) is 12.2 Å². The Kier molecular flexibility index (Phi) is 15.8. The molecule has 1 amide bonds. The lowest BCUT2D eigenvalue weighted by Gasteiger charge is -2.34. The van der Waals surface area contributed by atoms with Crippen LogP contribution in [0.3, 0.4) is 0 Å². The Labute approximate surface area is 170 Å². The van der Waals surface area contributed by atoms with Crippen molar-refractivity contribution >= 4 is 18.5 Å². The molecule has 0 saturated carbocycles. The van der Waals surface area contributed by atoms with Gasteiger partial charge in [0.05, 0.1) is 0 Å². The Hall–Kier alpha value is -2.05. The lowest BCUT2D eigenvalue weighted by molar-refractivity contribution is -0.117. The maximum atomic E-state index is 12.1. The molecule has 1 aliphatic rings. The molecule has 158 valence electrons. The summed E-state index contributed by atoms with van der Waals surface area (Å²) >= 11 is 0. The smallest absolute Gasteiger partial charge is 0.251 e. The zero-order chi connectivity index (χ0) is 21.2. The standard InChI is InChI=1S/C20H31N3O3.C2H6/c1-3-18(17-25)19(4-2)20(26)21-9-5-6-10-22-12-14-23(15-13-22)11-7-8-16-24;1-2/h3-4,16-17H,1-2,5-15H2,(H,21,26);1-2H3/b19-18-;. The van der Waals surface area contributed by atoms with E-state index in [0.717, 1.165) is 64.8 Å². The number of amides is 1. The van der Waals surface area contributed by atoms with Crippen molar-refractivity contribution in [1.82, 2.24) is 15.1 Å². The Balaban J connectivity index is 0.00000352. The number of aldehydes is 2. The summed E-state index contributed by atoms with van der Waals surface area (Å²) in [7, 11) is 0. The zero-order valence-corrected chi connectivity index (χ0v) is 17.6. The van der Waals surface area contributed by atoms with Gasteiger partial charge in [-0.25, -0.2) is 0 Å². The van der Waals surface area contributed by atoms with Gasteiger partial charge in [-0.2, -0.15) is 0 Å². The molecule has 0 aromatic rings. The summed E-state index contributed by atoms with van der Waals surface area (Å²) in [6.45, 7) is 17.9. The lowest BCUT2D eigenvalue weighted by atomic mass is 10.1.